The highest BCUT2D eigenvalue weighted by Gasteiger charge is 2.28. The van der Waals surface area contributed by atoms with Gasteiger partial charge in [0.15, 0.2) is 0 Å². The third-order valence-electron chi connectivity index (χ3n) is 5.23. The first-order valence-corrected chi connectivity index (χ1v) is 10.7. The van der Waals surface area contributed by atoms with Crippen LogP contribution in [0.25, 0.3) is 22.2 Å². The van der Waals surface area contributed by atoms with E-state index >= 15 is 0 Å². The van der Waals surface area contributed by atoms with Crippen LogP contribution < -0.4 is 14.8 Å². The monoisotopic (exact) mass is 432 g/mol. The van der Waals surface area contributed by atoms with Gasteiger partial charge >= 0.3 is 0 Å². The molecule has 0 radical (unpaired) electrons. The maximum Gasteiger partial charge on any atom is 0.258 e. The van der Waals surface area contributed by atoms with E-state index in [-0.39, 0.29) is 5.91 Å². The minimum Gasteiger partial charge on any atom is -0.497 e. The smallest absolute Gasteiger partial charge is 0.258 e. The SMILES string of the molecule is COc1ccc(OC)c(-c2cc(C(=O)Nc3nnc(C4CC4)s3)c3ccccc3n2)c1. The van der Waals surface area contributed by atoms with Crippen LogP contribution in [-0.2, 0) is 0 Å². The molecule has 0 spiro atoms. The number of anilines is 1. The molecule has 1 fully saturated rings. The Hall–Kier alpha value is -3.52. The van der Waals surface area contributed by atoms with Crippen LogP contribution in [0.4, 0.5) is 5.13 Å². The molecule has 0 saturated heterocycles. The zero-order chi connectivity index (χ0) is 21.4. The summed E-state index contributed by atoms with van der Waals surface area (Å²) in [6.45, 7) is 0. The number of hydrogen-bond acceptors (Lipinski definition) is 7. The number of amides is 1. The van der Waals surface area contributed by atoms with Crippen molar-refractivity contribution in [2.45, 2.75) is 18.8 Å². The van der Waals surface area contributed by atoms with Gasteiger partial charge in [-0.15, -0.1) is 10.2 Å². The second-order valence-corrected chi connectivity index (χ2v) is 8.32. The van der Waals surface area contributed by atoms with Gasteiger partial charge in [-0.3, -0.25) is 10.1 Å². The highest BCUT2D eigenvalue weighted by Crippen LogP contribution is 2.42. The highest BCUT2D eigenvalue weighted by atomic mass is 32.1. The molecule has 4 aromatic rings. The summed E-state index contributed by atoms with van der Waals surface area (Å²) in [7, 11) is 3.21. The van der Waals surface area contributed by atoms with Crippen LogP contribution in [0.5, 0.6) is 11.5 Å². The molecule has 8 heteroatoms. The lowest BCUT2D eigenvalue weighted by molar-refractivity contribution is 0.102. The molecule has 2 aromatic carbocycles. The molecule has 1 aliphatic rings. The number of hydrogen-bond donors (Lipinski definition) is 1. The third-order valence-corrected chi connectivity index (χ3v) is 6.23. The molecule has 1 saturated carbocycles. The van der Waals surface area contributed by atoms with E-state index < -0.39 is 0 Å². The molecule has 1 N–H and O–H groups in total. The summed E-state index contributed by atoms with van der Waals surface area (Å²) in [5.74, 6) is 1.57. The van der Waals surface area contributed by atoms with E-state index in [1.807, 2.05) is 42.5 Å². The number of aromatic nitrogens is 3. The lowest BCUT2D eigenvalue weighted by Gasteiger charge is -2.13. The lowest BCUT2D eigenvalue weighted by Crippen LogP contribution is -2.13. The molecule has 5 rings (SSSR count). The lowest BCUT2D eigenvalue weighted by atomic mass is 10.0. The number of methoxy groups -OCH3 is 2. The number of ether oxygens (including phenoxy) is 2. The fourth-order valence-electron chi connectivity index (χ4n) is 3.46. The van der Waals surface area contributed by atoms with E-state index in [4.69, 9.17) is 14.5 Å². The number of carbonyl (C=O) groups excluding carboxylic acids is 1. The Morgan fingerprint density at radius 1 is 1.06 bits per heavy atom. The summed E-state index contributed by atoms with van der Waals surface area (Å²) in [6.07, 6.45) is 2.28. The van der Waals surface area contributed by atoms with Crippen LogP contribution >= 0.6 is 11.3 Å². The molecule has 7 nitrogen and oxygen atoms in total. The standard InChI is InChI=1S/C23H20N4O3S/c1-29-14-9-10-20(30-2)17(11-14)19-12-16(15-5-3-4-6-18(15)24-19)21(28)25-23-27-26-22(31-23)13-7-8-13/h3-6,9-13H,7-8H2,1-2H3,(H,25,27,28). The molecule has 2 heterocycles. The van der Waals surface area contributed by atoms with Gasteiger partial charge in [-0.25, -0.2) is 4.98 Å². The number of carbonyl (C=O) groups is 1. The van der Waals surface area contributed by atoms with Gasteiger partial charge < -0.3 is 9.47 Å². The summed E-state index contributed by atoms with van der Waals surface area (Å²) in [6, 6.07) is 14.8. The summed E-state index contributed by atoms with van der Waals surface area (Å²) in [5.41, 5.74) is 2.59. The maximum atomic E-state index is 13.2. The summed E-state index contributed by atoms with van der Waals surface area (Å²) < 4.78 is 10.9. The van der Waals surface area contributed by atoms with E-state index in [0.717, 1.165) is 28.8 Å². The van der Waals surface area contributed by atoms with Crippen LogP contribution in [0.3, 0.4) is 0 Å². The second kappa shape index (κ2) is 7.96. The first-order chi connectivity index (χ1) is 15.2. The highest BCUT2D eigenvalue weighted by molar-refractivity contribution is 7.15. The zero-order valence-corrected chi connectivity index (χ0v) is 17.9. The van der Waals surface area contributed by atoms with Crippen LogP contribution in [-0.4, -0.2) is 35.3 Å². The Balaban J connectivity index is 1.58. The van der Waals surface area contributed by atoms with Crippen molar-refractivity contribution in [2.24, 2.45) is 0 Å². The van der Waals surface area contributed by atoms with Gasteiger partial charge in [0.05, 0.1) is 31.0 Å². The number of benzene rings is 2. The topological polar surface area (TPSA) is 86.2 Å². The molecular formula is C23H20N4O3S. The van der Waals surface area contributed by atoms with Gasteiger partial charge in [0.1, 0.15) is 16.5 Å². The zero-order valence-electron chi connectivity index (χ0n) is 17.1. The van der Waals surface area contributed by atoms with Crippen molar-refractivity contribution in [3.05, 3.63) is 59.1 Å². The Kier molecular flexibility index (Phi) is 4.99. The first-order valence-electron chi connectivity index (χ1n) is 9.93. The Morgan fingerprint density at radius 3 is 2.68 bits per heavy atom. The van der Waals surface area contributed by atoms with E-state index in [0.29, 0.717) is 39.3 Å². The van der Waals surface area contributed by atoms with Crippen LogP contribution in [0.2, 0.25) is 0 Å². The van der Waals surface area contributed by atoms with Crippen LogP contribution in [0, 0.1) is 0 Å². The fourth-order valence-corrected chi connectivity index (χ4v) is 4.37. The van der Waals surface area contributed by atoms with Crippen molar-refractivity contribution < 1.29 is 14.3 Å². The van der Waals surface area contributed by atoms with Crippen molar-refractivity contribution in [1.82, 2.24) is 15.2 Å². The average Bonchev–Trinajstić information content (AvgIpc) is 3.56. The normalized spacial score (nSPS) is 13.2. The molecule has 1 amide bonds. The minimum atomic E-state index is -0.250. The summed E-state index contributed by atoms with van der Waals surface area (Å²) in [4.78, 5) is 18.0. The van der Waals surface area contributed by atoms with Crippen LogP contribution in [0.15, 0.2) is 48.5 Å². The number of para-hydroxylation sites is 1. The van der Waals surface area contributed by atoms with Gasteiger partial charge in [-0.05, 0) is 43.2 Å². The van der Waals surface area contributed by atoms with E-state index in [1.54, 1.807) is 20.3 Å². The largest absolute Gasteiger partial charge is 0.497 e. The number of nitrogens with one attached hydrogen (secondary N) is 1. The van der Waals surface area contributed by atoms with Gasteiger partial charge in [0, 0.05) is 16.9 Å². The van der Waals surface area contributed by atoms with Crippen molar-refractivity contribution in [3.8, 4) is 22.8 Å². The molecule has 156 valence electrons. The third kappa shape index (κ3) is 3.82. The quantitative estimate of drug-likeness (QED) is 0.466. The molecular weight excluding hydrogens is 412 g/mol. The summed E-state index contributed by atoms with van der Waals surface area (Å²) in [5, 5.41) is 13.5. The van der Waals surface area contributed by atoms with Gasteiger partial charge in [0.2, 0.25) is 5.13 Å². The minimum absolute atomic E-state index is 0.250. The second-order valence-electron chi connectivity index (χ2n) is 7.31. The molecule has 0 atom stereocenters. The van der Waals surface area contributed by atoms with Crippen molar-refractivity contribution in [2.75, 3.05) is 19.5 Å². The van der Waals surface area contributed by atoms with Crippen molar-refractivity contribution >= 4 is 33.3 Å². The number of nitrogens with zero attached hydrogens (tertiary/aromatic N) is 3. The maximum absolute atomic E-state index is 13.2. The molecule has 0 aliphatic heterocycles. The molecule has 0 unspecified atom stereocenters. The first kappa shape index (κ1) is 19.4. The Morgan fingerprint density at radius 2 is 1.90 bits per heavy atom. The van der Waals surface area contributed by atoms with Crippen LogP contribution in [0.1, 0.15) is 34.1 Å². The van der Waals surface area contributed by atoms with Crippen molar-refractivity contribution in [3.63, 3.8) is 0 Å². The van der Waals surface area contributed by atoms with Crippen molar-refractivity contribution in [1.29, 1.82) is 0 Å². The number of rotatable bonds is 6. The van der Waals surface area contributed by atoms with E-state index in [9.17, 15) is 4.79 Å². The molecule has 2 aromatic heterocycles. The molecule has 1 aliphatic carbocycles. The van der Waals surface area contributed by atoms with Gasteiger partial charge in [0.25, 0.3) is 5.91 Å². The van der Waals surface area contributed by atoms with Gasteiger partial charge in [-0.2, -0.15) is 0 Å². The molecule has 0 bridgehead atoms. The average molecular weight is 433 g/mol. The van der Waals surface area contributed by atoms with Gasteiger partial charge in [-0.1, -0.05) is 29.5 Å². The van der Waals surface area contributed by atoms with E-state index in [1.165, 1.54) is 11.3 Å². The Labute approximate surface area is 183 Å². The van der Waals surface area contributed by atoms with E-state index in [2.05, 4.69) is 15.5 Å². The summed E-state index contributed by atoms with van der Waals surface area (Å²) >= 11 is 1.44. The number of fused-ring (bicyclic) bond motifs is 1. The fraction of sp³-hybridized carbons (Fsp3) is 0.217. The predicted molar refractivity (Wildman–Crippen MR) is 120 cm³/mol. The number of pyridine rings is 1. The molecule has 31 heavy (non-hydrogen) atoms. The Bertz CT molecular complexity index is 1280. The predicted octanol–water partition coefficient (Wildman–Crippen LogP) is 4.90.